The second-order valence-corrected chi connectivity index (χ2v) is 5.93. The SMILES string of the molecule is FC(F)C(F)(F)C[Si](Cl)Cl. The molecule has 0 saturated carbocycles. The second kappa shape index (κ2) is 3.78. The van der Waals surface area contributed by atoms with E-state index in [2.05, 4.69) is 0 Å². The van der Waals surface area contributed by atoms with Gasteiger partial charge in [-0.3, -0.25) is 0 Å². The van der Waals surface area contributed by atoms with Crippen molar-refractivity contribution in [2.24, 2.45) is 0 Å². The van der Waals surface area contributed by atoms with E-state index in [-0.39, 0.29) is 0 Å². The zero-order valence-electron chi connectivity index (χ0n) is 4.55. The number of rotatable bonds is 3. The summed E-state index contributed by atoms with van der Waals surface area (Å²) < 4.78 is 46.5. The minimum absolute atomic E-state index is 1.11. The Kier molecular flexibility index (Phi) is 3.97. The van der Waals surface area contributed by atoms with Gasteiger partial charge in [-0.2, -0.15) is 0 Å². The lowest BCUT2D eigenvalue weighted by molar-refractivity contribution is -0.113. The van der Waals surface area contributed by atoms with E-state index in [0.717, 1.165) is 0 Å². The second-order valence-electron chi connectivity index (χ2n) is 1.58. The first-order chi connectivity index (χ1) is 4.36. The van der Waals surface area contributed by atoms with Gasteiger partial charge in [-0.25, -0.2) is 17.6 Å². The number of hydrogen-bond acceptors (Lipinski definition) is 0. The fourth-order valence-corrected chi connectivity index (χ4v) is 1.83. The first kappa shape index (κ1) is 10.5. The summed E-state index contributed by atoms with van der Waals surface area (Å²) in [6.07, 6.45) is -3.68. The van der Waals surface area contributed by atoms with Crippen molar-refractivity contribution in [2.45, 2.75) is 18.4 Å². The molecule has 0 fully saturated rings. The molecule has 7 heteroatoms. The Morgan fingerprint density at radius 2 is 1.70 bits per heavy atom. The highest BCUT2D eigenvalue weighted by atomic mass is 35.7. The number of alkyl halides is 4. The normalized spacial score (nSPS) is 13.2. The first-order valence-corrected chi connectivity index (χ1v) is 5.92. The molecule has 0 rings (SSSR count). The lowest BCUT2D eigenvalue weighted by Crippen LogP contribution is -2.28. The molecule has 0 heterocycles. The van der Waals surface area contributed by atoms with Gasteiger partial charge in [0.1, 0.15) is 0 Å². The molecule has 0 aromatic heterocycles. The third-order valence-electron chi connectivity index (χ3n) is 0.689. The Morgan fingerprint density at radius 3 is 1.80 bits per heavy atom. The van der Waals surface area contributed by atoms with Crippen LogP contribution in [0.15, 0.2) is 0 Å². The van der Waals surface area contributed by atoms with Crippen LogP contribution < -0.4 is 0 Å². The first-order valence-electron chi connectivity index (χ1n) is 2.19. The third kappa shape index (κ3) is 3.63. The van der Waals surface area contributed by atoms with Crippen molar-refractivity contribution in [3.63, 3.8) is 0 Å². The molecule has 0 saturated heterocycles. The van der Waals surface area contributed by atoms with E-state index in [1.807, 2.05) is 0 Å². The highest BCUT2D eigenvalue weighted by Gasteiger charge is 2.42. The van der Waals surface area contributed by atoms with Gasteiger partial charge in [0.25, 0.3) is 7.42 Å². The Morgan fingerprint density at radius 1 is 1.30 bits per heavy atom. The van der Waals surface area contributed by atoms with Crippen LogP contribution in [-0.4, -0.2) is 19.8 Å². The van der Waals surface area contributed by atoms with Crippen molar-refractivity contribution in [2.75, 3.05) is 0 Å². The molecule has 10 heavy (non-hydrogen) atoms. The van der Waals surface area contributed by atoms with Gasteiger partial charge in [-0.1, -0.05) is 0 Å². The Bertz CT molecular complexity index is 107. The Hall–Kier alpha value is 0.517. The van der Waals surface area contributed by atoms with E-state index < -0.39 is 25.8 Å². The van der Waals surface area contributed by atoms with Crippen molar-refractivity contribution in [3.8, 4) is 0 Å². The van der Waals surface area contributed by atoms with E-state index in [1.54, 1.807) is 0 Å². The summed E-state index contributed by atoms with van der Waals surface area (Å²) >= 11 is 9.92. The molecule has 0 spiro atoms. The fourth-order valence-electron chi connectivity index (χ4n) is 0.255. The molecule has 0 nitrogen and oxygen atoms in total. The maximum absolute atomic E-state index is 11.9. The topological polar surface area (TPSA) is 0 Å². The summed E-state index contributed by atoms with van der Waals surface area (Å²) in [5, 5.41) is 0. The van der Waals surface area contributed by atoms with E-state index >= 15 is 0 Å². The van der Waals surface area contributed by atoms with E-state index in [9.17, 15) is 17.6 Å². The quantitative estimate of drug-likeness (QED) is 0.385. The van der Waals surface area contributed by atoms with Crippen LogP contribution in [0.2, 0.25) is 6.04 Å². The van der Waals surface area contributed by atoms with Gasteiger partial charge in [-0.15, -0.1) is 22.2 Å². The molecule has 0 aliphatic heterocycles. The molecule has 0 N–H and O–H groups in total. The lowest BCUT2D eigenvalue weighted by Gasteiger charge is -2.13. The van der Waals surface area contributed by atoms with Crippen LogP contribution in [0.3, 0.4) is 0 Å². The molecule has 0 aliphatic rings. The van der Waals surface area contributed by atoms with Crippen molar-refractivity contribution >= 4 is 29.6 Å². The average Bonchev–Trinajstić information content (AvgIpc) is 1.60. The van der Waals surface area contributed by atoms with Crippen LogP contribution in [0.4, 0.5) is 17.6 Å². The van der Waals surface area contributed by atoms with Crippen LogP contribution >= 0.6 is 22.2 Å². The van der Waals surface area contributed by atoms with Gasteiger partial charge >= 0.3 is 12.3 Å². The van der Waals surface area contributed by atoms with E-state index in [1.165, 1.54) is 0 Å². The lowest BCUT2D eigenvalue weighted by atomic mass is 10.4. The van der Waals surface area contributed by atoms with Gasteiger partial charge in [0.05, 0.1) is 0 Å². The Labute approximate surface area is 66.1 Å². The van der Waals surface area contributed by atoms with Crippen molar-refractivity contribution in [3.05, 3.63) is 0 Å². The Balaban J connectivity index is 3.87. The molecule has 61 valence electrons. The zero-order valence-corrected chi connectivity index (χ0v) is 7.06. The van der Waals surface area contributed by atoms with Gasteiger partial charge in [0, 0.05) is 6.04 Å². The molecule has 0 bridgehead atoms. The molecule has 0 amide bonds. The van der Waals surface area contributed by atoms with Crippen molar-refractivity contribution in [1.82, 2.24) is 0 Å². The molecular formula is C3H3Cl2F4Si. The van der Waals surface area contributed by atoms with E-state index in [0.29, 0.717) is 0 Å². The molecule has 0 aromatic carbocycles. The predicted molar refractivity (Wildman–Crippen MR) is 33.2 cm³/mol. The van der Waals surface area contributed by atoms with Crippen LogP contribution in [0.5, 0.6) is 0 Å². The molecule has 0 aromatic rings. The van der Waals surface area contributed by atoms with Gasteiger partial charge in [-0.05, 0) is 0 Å². The summed E-state index contributed by atoms with van der Waals surface area (Å²) in [5.74, 6) is -4.03. The summed E-state index contributed by atoms with van der Waals surface area (Å²) in [7, 11) is -2.32. The summed E-state index contributed by atoms with van der Waals surface area (Å²) in [6, 6.07) is -1.11. The molecule has 0 unspecified atom stereocenters. The molecular weight excluding hydrogens is 211 g/mol. The van der Waals surface area contributed by atoms with Crippen molar-refractivity contribution in [1.29, 1.82) is 0 Å². The van der Waals surface area contributed by atoms with Crippen LogP contribution in [0.25, 0.3) is 0 Å². The maximum Gasteiger partial charge on any atom is 0.307 e. The third-order valence-corrected chi connectivity index (χ3v) is 2.23. The highest BCUT2D eigenvalue weighted by Crippen LogP contribution is 2.30. The van der Waals surface area contributed by atoms with Gasteiger partial charge < -0.3 is 0 Å². The van der Waals surface area contributed by atoms with Crippen LogP contribution in [0, 0.1) is 0 Å². The largest absolute Gasteiger partial charge is 0.307 e. The maximum atomic E-state index is 11.9. The van der Waals surface area contributed by atoms with Gasteiger partial charge in [0.15, 0.2) is 0 Å². The highest BCUT2D eigenvalue weighted by molar-refractivity contribution is 7.33. The van der Waals surface area contributed by atoms with Crippen LogP contribution in [0.1, 0.15) is 0 Å². The standard InChI is InChI=1S/C3H3Cl2F4Si/c4-10(5)1-3(8,9)2(6)7/h2H,1H2. The summed E-state index contributed by atoms with van der Waals surface area (Å²) in [6.45, 7) is 0. The molecule has 0 atom stereocenters. The minimum Gasteiger partial charge on any atom is -0.204 e. The van der Waals surface area contributed by atoms with Gasteiger partial charge in [0.2, 0.25) is 0 Å². The fraction of sp³-hybridized carbons (Fsp3) is 1.00. The smallest absolute Gasteiger partial charge is 0.204 e. The summed E-state index contributed by atoms with van der Waals surface area (Å²) in [4.78, 5) is 0. The monoisotopic (exact) mass is 213 g/mol. The van der Waals surface area contributed by atoms with Crippen LogP contribution in [-0.2, 0) is 0 Å². The number of hydrogen-bond donors (Lipinski definition) is 0. The van der Waals surface area contributed by atoms with Crippen molar-refractivity contribution < 1.29 is 17.6 Å². The number of halogens is 6. The predicted octanol–water partition coefficient (Wildman–Crippen LogP) is 2.85. The summed E-state index contributed by atoms with van der Waals surface area (Å²) in [5.41, 5.74) is 0. The van der Waals surface area contributed by atoms with E-state index in [4.69, 9.17) is 22.2 Å². The zero-order chi connectivity index (χ0) is 8.36. The average molecular weight is 214 g/mol. The molecule has 1 radical (unpaired) electrons. The molecule has 0 aliphatic carbocycles. The minimum atomic E-state index is -4.03.